The maximum atomic E-state index is 12.6. The molecule has 4 aromatic rings. The zero-order valence-corrected chi connectivity index (χ0v) is 20.5. The van der Waals surface area contributed by atoms with Crippen LogP contribution in [0.25, 0.3) is 0 Å². The molecule has 1 aromatic heterocycles. The Balaban J connectivity index is 1.31. The highest BCUT2D eigenvalue weighted by atomic mass is 16.7. The van der Waals surface area contributed by atoms with Crippen molar-refractivity contribution in [2.45, 2.75) is 40.0 Å². The highest BCUT2D eigenvalue weighted by Crippen LogP contribution is 2.33. The number of fused-ring (bicyclic) bond motifs is 1. The third-order valence-corrected chi connectivity index (χ3v) is 6.18. The van der Waals surface area contributed by atoms with E-state index in [0.717, 1.165) is 22.6 Å². The van der Waals surface area contributed by atoms with Gasteiger partial charge in [0.05, 0.1) is 6.54 Å². The zero-order valence-electron chi connectivity index (χ0n) is 20.5. The molecule has 0 atom stereocenters. The Hall–Kier alpha value is -4.10. The van der Waals surface area contributed by atoms with E-state index in [1.165, 1.54) is 23.0 Å². The minimum Gasteiger partial charge on any atom is -0.454 e. The van der Waals surface area contributed by atoms with Crippen molar-refractivity contribution < 1.29 is 18.7 Å². The Morgan fingerprint density at radius 3 is 2.61 bits per heavy atom. The molecular formula is C29H29N3O4. The van der Waals surface area contributed by atoms with Gasteiger partial charge in [-0.05, 0) is 48.2 Å². The number of amides is 1. The molecule has 0 fully saturated rings. The maximum absolute atomic E-state index is 12.6. The van der Waals surface area contributed by atoms with Gasteiger partial charge in [0.1, 0.15) is 6.26 Å². The van der Waals surface area contributed by atoms with Crippen LogP contribution in [0.15, 0.2) is 77.4 Å². The van der Waals surface area contributed by atoms with E-state index >= 15 is 0 Å². The molecular weight excluding hydrogens is 454 g/mol. The number of ether oxygens (including phenoxy) is 2. The van der Waals surface area contributed by atoms with Gasteiger partial charge >= 0.3 is 0 Å². The van der Waals surface area contributed by atoms with Crippen molar-refractivity contribution in [3.05, 3.63) is 112 Å². The lowest BCUT2D eigenvalue weighted by atomic mass is 10.0. The molecule has 7 nitrogen and oxygen atoms in total. The van der Waals surface area contributed by atoms with Crippen molar-refractivity contribution >= 4 is 5.91 Å². The fourth-order valence-corrected chi connectivity index (χ4v) is 4.22. The average Bonchev–Trinajstić information content (AvgIpc) is 3.55. The molecule has 0 radical (unpaired) electrons. The Kier molecular flexibility index (Phi) is 7.00. The van der Waals surface area contributed by atoms with E-state index in [1.54, 1.807) is 0 Å². The molecule has 0 saturated carbocycles. The fraction of sp³-hybridized carbons (Fsp3) is 0.241. The van der Waals surface area contributed by atoms with Gasteiger partial charge in [-0.3, -0.25) is 9.69 Å². The Labute approximate surface area is 210 Å². The van der Waals surface area contributed by atoms with Crippen LogP contribution in [0, 0.1) is 13.8 Å². The van der Waals surface area contributed by atoms with Crippen LogP contribution in [0.1, 0.15) is 44.2 Å². The van der Waals surface area contributed by atoms with E-state index in [0.29, 0.717) is 32.1 Å². The zero-order chi connectivity index (χ0) is 24.9. The molecule has 0 spiro atoms. The summed E-state index contributed by atoms with van der Waals surface area (Å²) in [5.41, 5.74) is 6.07. The molecule has 0 bridgehead atoms. The van der Waals surface area contributed by atoms with Gasteiger partial charge in [0.15, 0.2) is 17.2 Å². The summed E-state index contributed by atoms with van der Waals surface area (Å²) in [5.74, 6) is 1.75. The van der Waals surface area contributed by atoms with Crippen molar-refractivity contribution in [2.24, 2.45) is 0 Å². The first-order valence-electron chi connectivity index (χ1n) is 12.0. The number of oxazole rings is 1. The quantitative estimate of drug-likeness (QED) is 0.355. The molecule has 184 valence electrons. The molecule has 7 heteroatoms. The second kappa shape index (κ2) is 10.7. The lowest BCUT2D eigenvalue weighted by Crippen LogP contribution is -2.24. The Bertz CT molecular complexity index is 1350. The van der Waals surface area contributed by atoms with Crippen LogP contribution in [0.2, 0.25) is 0 Å². The highest BCUT2D eigenvalue weighted by Gasteiger charge is 2.18. The number of nitrogens with one attached hydrogen (secondary N) is 1. The molecule has 5 rings (SSSR count). The molecule has 1 N–H and O–H groups in total. The first-order chi connectivity index (χ1) is 17.5. The summed E-state index contributed by atoms with van der Waals surface area (Å²) < 4.78 is 16.7. The van der Waals surface area contributed by atoms with Crippen LogP contribution in [0.3, 0.4) is 0 Å². The maximum Gasteiger partial charge on any atom is 0.273 e. The number of hydrogen-bond donors (Lipinski definition) is 1. The van der Waals surface area contributed by atoms with Gasteiger partial charge in [-0.1, -0.05) is 60.2 Å². The average molecular weight is 484 g/mol. The van der Waals surface area contributed by atoms with E-state index in [4.69, 9.17) is 13.9 Å². The monoisotopic (exact) mass is 483 g/mol. The normalized spacial score (nSPS) is 12.2. The van der Waals surface area contributed by atoms with Crippen molar-refractivity contribution in [1.29, 1.82) is 0 Å². The smallest absolute Gasteiger partial charge is 0.273 e. The second-order valence-electron chi connectivity index (χ2n) is 9.06. The molecule has 0 aliphatic carbocycles. The van der Waals surface area contributed by atoms with Gasteiger partial charge in [0.25, 0.3) is 5.91 Å². The van der Waals surface area contributed by atoms with Gasteiger partial charge in [-0.15, -0.1) is 0 Å². The van der Waals surface area contributed by atoms with Crippen LogP contribution in [0.5, 0.6) is 11.5 Å². The molecule has 0 saturated heterocycles. The van der Waals surface area contributed by atoms with E-state index in [9.17, 15) is 4.79 Å². The minimum atomic E-state index is -0.259. The first-order valence-corrected chi connectivity index (χ1v) is 12.0. The summed E-state index contributed by atoms with van der Waals surface area (Å²) in [6, 6.07) is 22.2. The van der Waals surface area contributed by atoms with Crippen molar-refractivity contribution in [2.75, 3.05) is 6.79 Å². The second-order valence-corrected chi connectivity index (χ2v) is 9.06. The largest absolute Gasteiger partial charge is 0.454 e. The van der Waals surface area contributed by atoms with Gasteiger partial charge in [0, 0.05) is 19.6 Å². The van der Waals surface area contributed by atoms with E-state index in [-0.39, 0.29) is 18.4 Å². The molecule has 3 aromatic carbocycles. The number of carbonyl (C=O) groups excluding carboxylic acids is 1. The number of hydrogen-bond acceptors (Lipinski definition) is 6. The standard InChI is InChI=1S/C29H29N3O4/c1-20-8-9-21(2)24(12-20)16-32(15-23-10-11-26-27(13-23)36-19-35-26)17-28-31-25(18-34-28)29(33)30-14-22-6-4-3-5-7-22/h3-13,18H,14-17,19H2,1-2H3,(H,30,33). The molecule has 2 heterocycles. The topological polar surface area (TPSA) is 76.8 Å². The Morgan fingerprint density at radius 1 is 0.917 bits per heavy atom. The van der Waals surface area contributed by atoms with Gasteiger partial charge in [-0.2, -0.15) is 0 Å². The summed E-state index contributed by atoms with van der Waals surface area (Å²) in [6.45, 7) is 6.71. The highest BCUT2D eigenvalue weighted by molar-refractivity contribution is 5.91. The molecule has 1 amide bonds. The summed E-state index contributed by atoms with van der Waals surface area (Å²) >= 11 is 0. The van der Waals surface area contributed by atoms with Gasteiger partial charge in [0.2, 0.25) is 12.7 Å². The molecule has 1 aliphatic rings. The van der Waals surface area contributed by atoms with E-state index in [1.807, 2.05) is 48.5 Å². The van der Waals surface area contributed by atoms with Crippen LogP contribution in [-0.4, -0.2) is 22.6 Å². The number of rotatable bonds is 9. The summed E-state index contributed by atoms with van der Waals surface area (Å²) in [7, 11) is 0. The van der Waals surface area contributed by atoms with E-state index < -0.39 is 0 Å². The van der Waals surface area contributed by atoms with Crippen LogP contribution in [-0.2, 0) is 26.2 Å². The third kappa shape index (κ3) is 5.75. The van der Waals surface area contributed by atoms with E-state index in [2.05, 4.69) is 47.2 Å². The number of carbonyl (C=O) groups is 1. The number of nitrogens with zero attached hydrogens (tertiary/aromatic N) is 2. The summed E-state index contributed by atoms with van der Waals surface area (Å²) in [5, 5.41) is 2.90. The van der Waals surface area contributed by atoms with Crippen LogP contribution < -0.4 is 14.8 Å². The lowest BCUT2D eigenvalue weighted by molar-refractivity contribution is 0.0945. The van der Waals surface area contributed by atoms with Crippen molar-refractivity contribution in [3.8, 4) is 11.5 Å². The third-order valence-electron chi connectivity index (χ3n) is 6.18. The number of benzene rings is 3. The van der Waals surface area contributed by atoms with Crippen molar-refractivity contribution in [1.82, 2.24) is 15.2 Å². The molecule has 0 unspecified atom stereocenters. The molecule has 1 aliphatic heterocycles. The number of aryl methyl sites for hydroxylation is 2. The summed E-state index contributed by atoms with van der Waals surface area (Å²) in [6.07, 6.45) is 1.42. The predicted molar refractivity (Wildman–Crippen MR) is 136 cm³/mol. The summed E-state index contributed by atoms with van der Waals surface area (Å²) in [4.78, 5) is 19.3. The van der Waals surface area contributed by atoms with Gasteiger partial charge in [-0.25, -0.2) is 4.98 Å². The van der Waals surface area contributed by atoms with Gasteiger partial charge < -0.3 is 19.2 Å². The first kappa shape index (κ1) is 23.6. The minimum absolute atomic E-state index is 0.246. The number of aromatic nitrogens is 1. The Morgan fingerprint density at radius 2 is 1.75 bits per heavy atom. The van der Waals surface area contributed by atoms with Crippen molar-refractivity contribution in [3.63, 3.8) is 0 Å². The molecule has 36 heavy (non-hydrogen) atoms. The van der Waals surface area contributed by atoms with Crippen LogP contribution >= 0.6 is 0 Å². The fourth-order valence-electron chi connectivity index (χ4n) is 4.22. The SMILES string of the molecule is Cc1ccc(C)c(CN(Cc2ccc3c(c2)OCO3)Cc2nc(C(=O)NCc3ccccc3)co2)c1. The van der Waals surface area contributed by atoms with Crippen LogP contribution in [0.4, 0.5) is 0 Å². The lowest BCUT2D eigenvalue weighted by Gasteiger charge is -2.22. The predicted octanol–water partition coefficient (Wildman–Crippen LogP) is 5.15.